The van der Waals surface area contributed by atoms with E-state index in [1.807, 2.05) is 0 Å². The zero-order chi connectivity index (χ0) is 16.5. The van der Waals surface area contributed by atoms with E-state index in [9.17, 15) is 18.8 Å². The van der Waals surface area contributed by atoms with Crippen molar-refractivity contribution >= 4 is 23.5 Å². The molecular weight excluding hydrogens is 293 g/mol. The molecular formula is C14H18FN3O4. The summed E-state index contributed by atoms with van der Waals surface area (Å²) >= 11 is 0. The third-order valence-corrected chi connectivity index (χ3v) is 2.59. The first-order chi connectivity index (χ1) is 10.4. The Labute approximate surface area is 127 Å². The minimum atomic E-state index is -0.556. The first kappa shape index (κ1) is 17.6. The average molecular weight is 311 g/mol. The second-order valence-corrected chi connectivity index (χ2v) is 4.58. The number of nitrogens with one attached hydrogen (secondary N) is 2. The van der Waals surface area contributed by atoms with E-state index in [0.29, 0.717) is 5.69 Å². The molecule has 0 fully saturated rings. The highest BCUT2D eigenvalue weighted by Crippen LogP contribution is 2.08. The summed E-state index contributed by atoms with van der Waals surface area (Å²) < 4.78 is 17.4. The van der Waals surface area contributed by atoms with E-state index in [2.05, 4.69) is 15.4 Å². The number of hydrogen-bond acceptors (Lipinski definition) is 5. The largest absolute Gasteiger partial charge is 0.468 e. The van der Waals surface area contributed by atoms with Crippen LogP contribution >= 0.6 is 0 Å². The van der Waals surface area contributed by atoms with Crippen molar-refractivity contribution in [3.8, 4) is 0 Å². The Morgan fingerprint density at radius 3 is 2.55 bits per heavy atom. The van der Waals surface area contributed by atoms with Crippen molar-refractivity contribution in [2.75, 3.05) is 39.1 Å². The molecule has 0 saturated heterocycles. The third kappa shape index (κ3) is 6.80. The van der Waals surface area contributed by atoms with Gasteiger partial charge in [0.15, 0.2) is 0 Å². The lowest BCUT2D eigenvalue weighted by molar-refractivity contribution is -0.141. The van der Waals surface area contributed by atoms with E-state index in [1.54, 1.807) is 13.1 Å². The lowest BCUT2D eigenvalue weighted by Gasteiger charge is -2.15. The summed E-state index contributed by atoms with van der Waals surface area (Å²) in [7, 11) is 2.79. The summed E-state index contributed by atoms with van der Waals surface area (Å²) in [5, 5.41) is 4.88. The fraction of sp³-hybridized carbons (Fsp3) is 0.357. The summed E-state index contributed by atoms with van der Waals surface area (Å²) in [6.45, 7) is -0.339. The van der Waals surface area contributed by atoms with Crippen LogP contribution in [0.3, 0.4) is 0 Å². The van der Waals surface area contributed by atoms with Crippen LogP contribution in [0.4, 0.5) is 10.1 Å². The molecule has 1 rings (SSSR count). The van der Waals surface area contributed by atoms with Gasteiger partial charge in [0.1, 0.15) is 12.4 Å². The van der Waals surface area contributed by atoms with Gasteiger partial charge in [0.05, 0.1) is 20.2 Å². The SMILES string of the molecule is COC(=O)CNC(=O)CN(C)CC(=O)Nc1cccc(F)c1. The predicted molar refractivity (Wildman–Crippen MR) is 77.6 cm³/mol. The Kier molecular flexibility index (Phi) is 6.97. The topological polar surface area (TPSA) is 87.7 Å². The lowest BCUT2D eigenvalue weighted by Crippen LogP contribution is -2.40. The van der Waals surface area contributed by atoms with Crippen LogP contribution in [0.15, 0.2) is 24.3 Å². The van der Waals surface area contributed by atoms with Crippen molar-refractivity contribution in [2.24, 2.45) is 0 Å². The van der Waals surface area contributed by atoms with Gasteiger partial charge in [-0.2, -0.15) is 0 Å². The van der Waals surface area contributed by atoms with Crippen LogP contribution < -0.4 is 10.6 Å². The smallest absolute Gasteiger partial charge is 0.325 e. The van der Waals surface area contributed by atoms with Crippen molar-refractivity contribution in [3.05, 3.63) is 30.1 Å². The fourth-order valence-electron chi connectivity index (χ4n) is 1.61. The Bertz CT molecular complexity index is 551. The van der Waals surface area contributed by atoms with E-state index < -0.39 is 17.7 Å². The summed E-state index contributed by atoms with van der Waals surface area (Å²) in [4.78, 5) is 35.6. The molecule has 120 valence electrons. The van der Waals surface area contributed by atoms with Gasteiger partial charge < -0.3 is 15.4 Å². The van der Waals surface area contributed by atoms with Crippen molar-refractivity contribution in [1.29, 1.82) is 0 Å². The van der Waals surface area contributed by atoms with E-state index >= 15 is 0 Å². The van der Waals surface area contributed by atoms with E-state index in [-0.39, 0.29) is 25.5 Å². The van der Waals surface area contributed by atoms with Crippen LogP contribution in [0.2, 0.25) is 0 Å². The summed E-state index contributed by atoms with van der Waals surface area (Å²) in [5.41, 5.74) is 0.341. The van der Waals surface area contributed by atoms with Gasteiger partial charge in [-0.3, -0.25) is 19.3 Å². The highest BCUT2D eigenvalue weighted by Gasteiger charge is 2.12. The second-order valence-electron chi connectivity index (χ2n) is 4.58. The standard InChI is InChI=1S/C14H18FN3O4/c1-18(8-12(19)16-7-14(21)22-2)9-13(20)17-11-5-3-4-10(15)6-11/h3-6H,7-9H2,1-2H3,(H,16,19)(H,17,20). The number of nitrogens with zero attached hydrogens (tertiary/aromatic N) is 1. The maximum atomic E-state index is 13.0. The minimum Gasteiger partial charge on any atom is -0.468 e. The molecule has 0 aliphatic carbocycles. The number of esters is 1. The molecule has 1 aromatic carbocycles. The monoisotopic (exact) mass is 311 g/mol. The van der Waals surface area contributed by atoms with Crippen LogP contribution in [-0.4, -0.2) is 56.5 Å². The molecule has 0 bridgehead atoms. The number of methoxy groups -OCH3 is 1. The van der Waals surface area contributed by atoms with Crippen molar-refractivity contribution in [1.82, 2.24) is 10.2 Å². The van der Waals surface area contributed by atoms with E-state index in [4.69, 9.17) is 0 Å². The number of likely N-dealkylation sites (N-methyl/N-ethyl adjacent to an activating group) is 1. The Balaban J connectivity index is 2.34. The Morgan fingerprint density at radius 1 is 1.23 bits per heavy atom. The number of benzene rings is 1. The number of carbonyl (C=O) groups excluding carboxylic acids is 3. The lowest BCUT2D eigenvalue weighted by atomic mass is 10.3. The maximum absolute atomic E-state index is 13.0. The third-order valence-electron chi connectivity index (χ3n) is 2.59. The molecule has 0 spiro atoms. The molecule has 0 aliphatic heterocycles. The van der Waals surface area contributed by atoms with Crippen LogP contribution in [0.1, 0.15) is 0 Å². The predicted octanol–water partition coefficient (Wildman–Crippen LogP) is -0.0148. The first-order valence-corrected chi connectivity index (χ1v) is 6.48. The molecule has 2 N–H and O–H groups in total. The van der Waals surface area contributed by atoms with E-state index in [0.717, 1.165) is 0 Å². The van der Waals surface area contributed by atoms with Crippen molar-refractivity contribution < 1.29 is 23.5 Å². The van der Waals surface area contributed by atoms with Gasteiger partial charge in [-0.1, -0.05) is 6.07 Å². The normalized spacial score (nSPS) is 10.2. The molecule has 7 nitrogen and oxygen atoms in total. The van der Waals surface area contributed by atoms with Crippen molar-refractivity contribution in [3.63, 3.8) is 0 Å². The highest BCUT2D eigenvalue weighted by molar-refractivity contribution is 5.92. The Morgan fingerprint density at radius 2 is 1.91 bits per heavy atom. The van der Waals surface area contributed by atoms with Gasteiger partial charge in [0.25, 0.3) is 0 Å². The molecule has 8 heteroatoms. The molecule has 0 unspecified atom stereocenters. The zero-order valence-electron chi connectivity index (χ0n) is 12.4. The second kappa shape index (κ2) is 8.73. The van der Waals surface area contributed by atoms with Gasteiger partial charge in [0.2, 0.25) is 11.8 Å². The number of rotatable bonds is 7. The molecule has 0 atom stereocenters. The summed E-state index contributed by atoms with van der Waals surface area (Å²) in [6, 6.07) is 5.51. The summed E-state index contributed by atoms with van der Waals surface area (Å²) in [5.74, 6) is -1.80. The van der Waals surface area contributed by atoms with Gasteiger partial charge in [0, 0.05) is 5.69 Å². The van der Waals surface area contributed by atoms with Crippen LogP contribution in [0.5, 0.6) is 0 Å². The molecule has 0 radical (unpaired) electrons. The quantitative estimate of drug-likeness (QED) is 0.691. The van der Waals surface area contributed by atoms with Gasteiger partial charge in [-0.15, -0.1) is 0 Å². The van der Waals surface area contributed by atoms with Gasteiger partial charge in [-0.05, 0) is 25.2 Å². The maximum Gasteiger partial charge on any atom is 0.325 e. The fourth-order valence-corrected chi connectivity index (χ4v) is 1.61. The molecule has 2 amide bonds. The van der Waals surface area contributed by atoms with Gasteiger partial charge >= 0.3 is 5.97 Å². The average Bonchev–Trinajstić information content (AvgIpc) is 2.44. The summed E-state index contributed by atoms with van der Waals surface area (Å²) in [6.07, 6.45) is 0. The number of halogens is 1. The van der Waals surface area contributed by atoms with Crippen LogP contribution in [-0.2, 0) is 19.1 Å². The first-order valence-electron chi connectivity index (χ1n) is 6.48. The van der Waals surface area contributed by atoms with Crippen LogP contribution in [0, 0.1) is 5.82 Å². The van der Waals surface area contributed by atoms with E-state index in [1.165, 1.54) is 30.2 Å². The molecule has 0 aromatic heterocycles. The van der Waals surface area contributed by atoms with Crippen molar-refractivity contribution in [2.45, 2.75) is 0 Å². The number of anilines is 1. The molecule has 22 heavy (non-hydrogen) atoms. The number of ether oxygens (including phenoxy) is 1. The molecule has 0 aliphatic rings. The number of amides is 2. The Hall–Kier alpha value is -2.48. The molecule has 1 aromatic rings. The highest BCUT2D eigenvalue weighted by atomic mass is 19.1. The minimum absolute atomic E-state index is 0.0534. The number of carbonyl (C=O) groups is 3. The molecule has 0 saturated carbocycles. The molecule has 0 heterocycles. The van der Waals surface area contributed by atoms with Gasteiger partial charge in [-0.25, -0.2) is 4.39 Å². The number of hydrogen-bond donors (Lipinski definition) is 2. The zero-order valence-corrected chi connectivity index (χ0v) is 12.4. The van der Waals surface area contributed by atoms with Crippen LogP contribution in [0.25, 0.3) is 0 Å².